The Morgan fingerprint density at radius 1 is 1.15 bits per heavy atom. The summed E-state index contributed by atoms with van der Waals surface area (Å²) in [7, 11) is 2.05. The van der Waals surface area contributed by atoms with Crippen molar-refractivity contribution in [2.75, 3.05) is 11.9 Å². The minimum atomic E-state index is -0.331. The van der Waals surface area contributed by atoms with Gasteiger partial charge in [-0.2, -0.15) is 0 Å². The lowest BCUT2D eigenvalue weighted by atomic mass is 9.88. The summed E-state index contributed by atoms with van der Waals surface area (Å²) in [4.78, 5) is 15.5. The normalized spacial score (nSPS) is 12.0. The Balaban J connectivity index is 1.80. The van der Waals surface area contributed by atoms with Crippen LogP contribution in [0.15, 0.2) is 60.7 Å². The average molecular weight is 399 g/mol. The van der Waals surface area contributed by atoms with Gasteiger partial charge in [0.05, 0.1) is 16.8 Å². The Hall–Kier alpha value is -2.30. The van der Waals surface area contributed by atoms with Crippen LogP contribution in [0, 0.1) is 6.92 Å². The molecule has 0 spiro atoms. The first kappa shape index (κ1) is 19.5. The van der Waals surface area contributed by atoms with Crippen LogP contribution in [0.3, 0.4) is 0 Å². The molecule has 0 saturated heterocycles. The van der Waals surface area contributed by atoms with Gasteiger partial charge in [0.25, 0.3) is 0 Å². The summed E-state index contributed by atoms with van der Waals surface area (Å²) < 4.78 is 0.801. The second kappa shape index (κ2) is 8.59. The predicted molar refractivity (Wildman–Crippen MR) is 115 cm³/mol. The lowest BCUT2D eigenvalue weighted by Crippen LogP contribution is -2.24. The number of benzene rings is 2. The van der Waals surface area contributed by atoms with Crippen LogP contribution >= 0.6 is 22.9 Å². The quantitative estimate of drug-likeness (QED) is 0.597. The zero-order chi connectivity index (χ0) is 19.4. The van der Waals surface area contributed by atoms with E-state index in [-0.39, 0.29) is 11.8 Å². The zero-order valence-electron chi connectivity index (χ0n) is 15.5. The molecule has 0 saturated carbocycles. The topological polar surface area (TPSA) is 46.3 Å². The van der Waals surface area contributed by atoms with Gasteiger partial charge in [-0.1, -0.05) is 48.0 Å². The largest absolute Gasteiger partial charge is 0.369 e. The lowest BCUT2D eigenvalue weighted by Gasteiger charge is -2.22. The fourth-order valence-electron chi connectivity index (χ4n) is 3.26. The minimum absolute atomic E-state index is 0.295. The number of thiophene rings is 1. The molecule has 1 aromatic heterocycles. The van der Waals surface area contributed by atoms with Crippen LogP contribution in [0.4, 0.5) is 5.69 Å². The van der Waals surface area contributed by atoms with E-state index in [9.17, 15) is 4.79 Å². The van der Waals surface area contributed by atoms with E-state index in [2.05, 4.69) is 24.1 Å². The molecule has 0 aliphatic rings. The van der Waals surface area contributed by atoms with Gasteiger partial charge in [-0.15, -0.1) is 11.3 Å². The highest BCUT2D eigenvalue weighted by Gasteiger charge is 2.21. The van der Waals surface area contributed by atoms with Crippen molar-refractivity contribution < 1.29 is 4.79 Å². The Kier molecular flexibility index (Phi) is 6.19. The van der Waals surface area contributed by atoms with Crippen LogP contribution < -0.4 is 10.6 Å². The van der Waals surface area contributed by atoms with E-state index in [1.807, 2.05) is 55.5 Å². The summed E-state index contributed by atoms with van der Waals surface area (Å²) in [5.74, 6) is -0.626. The molecule has 2 aromatic carbocycles. The smallest absolute Gasteiger partial charge is 0.225 e. The number of aryl methyl sites for hydroxylation is 1. The first-order valence-electron chi connectivity index (χ1n) is 8.83. The van der Waals surface area contributed by atoms with Crippen molar-refractivity contribution in [2.45, 2.75) is 25.8 Å². The average Bonchev–Trinajstić information content (AvgIpc) is 3.05. The summed E-state index contributed by atoms with van der Waals surface area (Å²) >= 11 is 7.61. The Labute approximate surface area is 169 Å². The van der Waals surface area contributed by atoms with Crippen LogP contribution in [0.25, 0.3) is 0 Å². The summed E-state index contributed by atoms with van der Waals surface area (Å²) in [6, 6.07) is 20.2. The van der Waals surface area contributed by atoms with Gasteiger partial charge in [-0.05, 0) is 54.3 Å². The van der Waals surface area contributed by atoms with E-state index in [4.69, 9.17) is 17.3 Å². The van der Waals surface area contributed by atoms with Crippen LogP contribution in [0.2, 0.25) is 4.34 Å². The number of carbonyl (C=O) groups is 1. The molecule has 3 aromatic rings. The molecule has 140 valence electrons. The van der Waals surface area contributed by atoms with Crippen LogP contribution in [0.1, 0.15) is 27.5 Å². The number of halogens is 1. The number of hydrogen-bond donors (Lipinski definition) is 1. The zero-order valence-corrected chi connectivity index (χ0v) is 17.1. The minimum Gasteiger partial charge on any atom is -0.369 e. The van der Waals surface area contributed by atoms with Gasteiger partial charge in [0.15, 0.2) is 0 Å². The van der Waals surface area contributed by atoms with Gasteiger partial charge >= 0.3 is 0 Å². The molecule has 0 bridgehead atoms. The van der Waals surface area contributed by atoms with E-state index >= 15 is 0 Å². The van der Waals surface area contributed by atoms with Crippen LogP contribution in [-0.4, -0.2) is 13.0 Å². The number of amides is 1. The number of anilines is 1. The third-order valence-corrected chi connectivity index (χ3v) is 5.93. The number of rotatable bonds is 7. The molecule has 3 nitrogen and oxygen atoms in total. The number of nitrogens with zero attached hydrogens (tertiary/aromatic N) is 1. The molecule has 1 atom stereocenters. The molecule has 1 heterocycles. The third kappa shape index (κ3) is 4.90. The predicted octanol–water partition coefficient (Wildman–Crippen LogP) is 5.16. The number of primary amides is 1. The van der Waals surface area contributed by atoms with Gasteiger partial charge in [-0.3, -0.25) is 4.79 Å². The van der Waals surface area contributed by atoms with E-state index in [0.29, 0.717) is 6.42 Å². The van der Waals surface area contributed by atoms with Gasteiger partial charge < -0.3 is 10.6 Å². The van der Waals surface area contributed by atoms with Crippen molar-refractivity contribution in [3.63, 3.8) is 0 Å². The molecule has 3 rings (SSSR count). The molecule has 0 fully saturated rings. The lowest BCUT2D eigenvalue weighted by molar-refractivity contribution is -0.119. The molecule has 0 aliphatic carbocycles. The van der Waals surface area contributed by atoms with E-state index in [1.165, 1.54) is 4.88 Å². The second-order valence-electron chi connectivity index (χ2n) is 6.75. The van der Waals surface area contributed by atoms with Crippen molar-refractivity contribution in [3.05, 3.63) is 86.6 Å². The van der Waals surface area contributed by atoms with E-state index < -0.39 is 0 Å². The van der Waals surface area contributed by atoms with Gasteiger partial charge in [0.1, 0.15) is 0 Å². The summed E-state index contributed by atoms with van der Waals surface area (Å²) in [5, 5.41) is 0. The fourth-order valence-corrected chi connectivity index (χ4v) is 4.40. The molecule has 0 radical (unpaired) electrons. The van der Waals surface area contributed by atoms with Crippen molar-refractivity contribution in [1.82, 2.24) is 0 Å². The highest BCUT2D eigenvalue weighted by Crippen LogP contribution is 2.29. The van der Waals surface area contributed by atoms with Gasteiger partial charge in [-0.25, -0.2) is 0 Å². The summed E-state index contributed by atoms with van der Waals surface area (Å²) in [6.45, 7) is 2.83. The monoisotopic (exact) mass is 398 g/mol. The van der Waals surface area contributed by atoms with E-state index in [0.717, 1.165) is 33.3 Å². The van der Waals surface area contributed by atoms with Crippen LogP contribution in [0.5, 0.6) is 0 Å². The van der Waals surface area contributed by atoms with Gasteiger partial charge in [0, 0.05) is 17.6 Å². The number of carbonyl (C=O) groups excluding carboxylic acids is 1. The van der Waals surface area contributed by atoms with Gasteiger partial charge in [0.2, 0.25) is 5.91 Å². The molecule has 5 heteroatoms. The summed E-state index contributed by atoms with van der Waals surface area (Å²) in [6.07, 6.45) is 0.611. The fraction of sp³-hybridized carbons (Fsp3) is 0.227. The van der Waals surface area contributed by atoms with Crippen molar-refractivity contribution in [1.29, 1.82) is 0 Å². The molecule has 27 heavy (non-hydrogen) atoms. The first-order chi connectivity index (χ1) is 12.9. The molecule has 0 aliphatic heterocycles. The van der Waals surface area contributed by atoms with E-state index in [1.54, 1.807) is 11.3 Å². The molecule has 1 amide bonds. The Morgan fingerprint density at radius 3 is 2.48 bits per heavy atom. The Morgan fingerprint density at radius 2 is 1.89 bits per heavy atom. The molecule has 2 N–H and O–H groups in total. The maximum Gasteiger partial charge on any atom is 0.225 e. The highest BCUT2D eigenvalue weighted by atomic mass is 35.5. The SMILES string of the molecule is Cc1cc(N(C)Cc2ccc(Cl)s2)ccc1C(Cc1ccccc1)C(N)=O. The first-order valence-corrected chi connectivity index (χ1v) is 10.0. The van der Waals surface area contributed by atoms with Crippen molar-refractivity contribution >= 4 is 34.5 Å². The molecular weight excluding hydrogens is 376 g/mol. The second-order valence-corrected chi connectivity index (χ2v) is 8.55. The molecular formula is C22H23ClN2OS. The Bertz CT molecular complexity index is 923. The maximum absolute atomic E-state index is 12.1. The third-order valence-electron chi connectivity index (χ3n) is 4.72. The maximum atomic E-state index is 12.1. The number of hydrogen-bond acceptors (Lipinski definition) is 3. The van der Waals surface area contributed by atoms with Crippen molar-refractivity contribution in [3.8, 4) is 0 Å². The number of nitrogens with two attached hydrogens (primary N) is 1. The van der Waals surface area contributed by atoms with Crippen molar-refractivity contribution in [2.24, 2.45) is 5.73 Å². The highest BCUT2D eigenvalue weighted by molar-refractivity contribution is 7.16. The molecule has 1 unspecified atom stereocenters. The summed E-state index contributed by atoms with van der Waals surface area (Å²) in [5.41, 5.74) is 10.00. The van der Waals surface area contributed by atoms with Crippen LogP contribution in [-0.2, 0) is 17.8 Å². The standard InChI is InChI=1S/C22H23ClN2OS/c1-15-12-17(25(2)14-18-9-11-21(23)27-18)8-10-19(15)20(22(24)26)13-16-6-4-3-5-7-16/h3-12,20H,13-14H2,1-2H3,(H2,24,26).